The second-order valence-electron chi connectivity index (χ2n) is 4.60. The zero-order valence-electron chi connectivity index (χ0n) is 10.7. The molecule has 2 heterocycles. The van der Waals surface area contributed by atoms with Crippen molar-refractivity contribution in [3.8, 4) is 5.75 Å². The normalized spacial score (nSPS) is 24.1. The van der Waals surface area contributed by atoms with Crippen molar-refractivity contribution in [2.45, 2.75) is 25.9 Å². The minimum Gasteiger partial charge on any atom is -0.493 e. The van der Waals surface area contributed by atoms with Gasteiger partial charge in [-0.25, -0.2) is 8.42 Å². The number of sulfone groups is 1. The first-order valence-corrected chi connectivity index (χ1v) is 7.86. The van der Waals surface area contributed by atoms with Crippen LogP contribution >= 0.6 is 0 Å². The van der Waals surface area contributed by atoms with E-state index in [0.29, 0.717) is 18.7 Å². The van der Waals surface area contributed by atoms with E-state index in [0.717, 1.165) is 5.69 Å². The monoisotopic (exact) mass is 273 g/mol. The summed E-state index contributed by atoms with van der Waals surface area (Å²) >= 11 is 0. The molecule has 2 rings (SSSR count). The van der Waals surface area contributed by atoms with E-state index in [1.807, 2.05) is 6.92 Å². The summed E-state index contributed by atoms with van der Waals surface area (Å²) in [4.78, 5) is 0. The minimum absolute atomic E-state index is 0.0501. The second-order valence-corrected chi connectivity index (χ2v) is 6.83. The highest BCUT2D eigenvalue weighted by Gasteiger charge is 2.35. The fourth-order valence-corrected chi connectivity index (χ4v) is 4.31. The maximum absolute atomic E-state index is 11.5. The van der Waals surface area contributed by atoms with E-state index in [1.165, 1.54) is 0 Å². The van der Waals surface area contributed by atoms with Gasteiger partial charge >= 0.3 is 0 Å². The summed E-state index contributed by atoms with van der Waals surface area (Å²) in [5, 5.41) is 4.20. The molecule has 1 saturated heterocycles. The van der Waals surface area contributed by atoms with Gasteiger partial charge in [0.25, 0.3) is 0 Å². The lowest BCUT2D eigenvalue weighted by atomic mass is 9.97. The lowest BCUT2D eigenvalue weighted by Gasteiger charge is -2.20. The van der Waals surface area contributed by atoms with Crippen LogP contribution in [0.2, 0.25) is 0 Å². The Morgan fingerprint density at radius 2 is 2.39 bits per heavy atom. The quantitative estimate of drug-likeness (QED) is 0.855. The van der Waals surface area contributed by atoms with Crippen molar-refractivity contribution < 1.29 is 13.2 Å². The van der Waals surface area contributed by atoms with Crippen LogP contribution in [0, 0.1) is 5.92 Å². The molecule has 0 spiro atoms. The third-order valence-corrected chi connectivity index (χ3v) is 5.25. The largest absolute Gasteiger partial charge is 0.493 e. The molecule has 0 aromatic carbocycles. The van der Waals surface area contributed by atoms with E-state index in [1.54, 1.807) is 18.0 Å². The maximum atomic E-state index is 11.5. The molecule has 2 unspecified atom stereocenters. The molecule has 0 radical (unpaired) electrons. The number of nitrogens with two attached hydrogens (primary N) is 1. The molecular weight excluding hydrogens is 254 g/mol. The zero-order valence-corrected chi connectivity index (χ0v) is 11.5. The summed E-state index contributed by atoms with van der Waals surface area (Å²) in [6.45, 7) is 2.65. The van der Waals surface area contributed by atoms with Gasteiger partial charge in [0, 0.05) is 6.54 Å². The van der Waals surface area contributed by atoms with Crippen LogP contribution in [0.3, 0.4) is 0 Å². The van der Waals surface area contributed by atoms with Gasteiger partial charge in [-0.1, -0.05) is 0 Å². The Hall–Kier alpha value is -1.08. The number of hydrogen-bond acceptors (Lipinski definition) is 5. The van der Waals surface area contributed by atoms with Crippen LogP contribution in [0.1, 0.15) is 25.1 Å². The standard InChI is InChI=1S/C11H19N3O3S/c1-3-14-11(9(17-2)6-13-14)10(12)8-4-5-18(15,16)7-8/h6,8,10H,3-5,7,12H2,1-2H3. The van der Waals surface area contributed by atoms with Crippen molar-refractivity contribution in [2.24, 2.45) is 11.7 Å². The highest BCUT2D eigenvalue weighted by molar-refractivity contribution is 7.91. The second kappa shape index (κ2) is 4.89. The van der Waals surface area contributed by atoms with E-state index in [2.05, 4.69) is 5.10 Å². The van der Waals surface area contributed by atoms with E-state index in [9.17, 15) is 8.42 Å². The molecule has 1 aromatic heterocycles. The van der Waals surface area contributed by atoms with Gasteiger partial charge in [-0.2, -0.15) is 5.10 Å². The van der Waals surface area contributed by atoms with Gasteiger partial charge in [0.1, 0.15) is 0 Å². The fourth-order valence-electron chi connectivity index (χ4n) is 2.45. The number of nitrogens with zero attached hydrogens (tertiary/aromatic N) is 2. The third-order valence-electron chi connectivity index (χ3n) is 3.46. The Morgan fingerprint density at radius 3 is 2.89 bits per heavy atom. The smallest absolute Gasteiger partial charge is 0.161 e. The Morgan fingerprint density at radius 1 is 1.67 bits per heavy atom. The number of methoxy groups -OCH3 is 1. The molecule has 0 aliphatic carbocycles. The first kappa shape index (κ1) is 13.4. The molecule has 2 N–H and O–H groups in total. The Bertz CT molecular complexity index is 502. The average Bonchev–Trinajstić information content (AvgIpc) is 2.90. The molecule has 1 aliphatic rings. The topological polar surface area (TPSA) is 87.2 Å². The number of hydrogen-bond donors (Lipinski definition) is 1. The lowest BCUT2D eigenvalue weighted by molar-refractivity contribution is 0.382. The van der Waals surface area contributed by atoms with Gasteiger partial charge in [-0.15, -0.1) is 0 Å². The van der Waals surface area contributed by atoms with E-state index >= 15 is 0 Å². The number of rotatable bonds is 4. The molecule has 1 aromatic rings. The molecule has 0 amide bonds. The number of aryl methyl sites for hydroxylation is 1. The van der Waals surface area contributed by atoms with Crippen LogP contribution < -0.4 is 10.5 Å². The van der Waals surface area contributed by atoms with E-state index in [4.69, 9.17) is 10.5 Å². The highest BCUT2D eigenvalue weighted by atomic mass is 32.2. The molecule has 0 saturated carbocycles. The summed E-state index contributed by atoms with van der Waals surface area (Å²) in [5.74, 6) is 0.972. The molecule has 0 bridgehead atoms. The fraction of sp³-hybridized carbons (Fsp3) is 0.727. The lowest BCUT2D eigenvalue weighted by Crippen LogP contribution is -2.25. The molecule has 6 nitrogen and oxygen atoms in total. The van der Waals surface area contributed by atoms with Gasteiger partial charge in [-0.05, 0) is 19.3 Å². The van der Waals surface area contributed by atoms with Gasteiger partial charge in [-0.3, -0.25) is 4.68 Å². The summed E-state index contributed by atoms with van der Waals surface area (Å²) < 4.78 is 30.0. The molecule has 2 atom stereocenters. The molecule has 7 heteroatoms. The predicted molar refractivity (Wildman–Crippen MR) is 68.1 cm³/mol. The Balaban J connectivity index is 2.28. The SMILES string of the molecule is CCn1ncc(OC)c1C(N)C1CCS(=O)(=O)C1. The summed E-state index contributed by atoms with van der Waals surface area (Å²) in [5.41, 5.74) is 7.01. The van der Waals surface area contributed by atoms with Crippen LogP contribution in [-0.2, 0) is 16.4 Å². The van der Waals surface area contributed by atoms with Crippen LogP contribution in [0.15, 0.2) is 6.20 Å². The summed E-state index contributed by atoms with van der Waals surface area (Å²) in [7, 11) is -1.35. The molecular formula is C11H19N3O3S. The van der Waals surface area contributed by atoms with Gasteiger partial charge in [0.2, 0.25) is 0 Å². The molecule has 102 valence electrons. The molecule has 1 aliphatic heterocycles. The zero-order chi connectivity index (χ0) is 13.3. The van der Waals surface area contributed by atoms with E-state index in [-0.39, 0.29) is 23.5 Å². The Kier molecular flexibility index (Phi) is 3.63. The maximum Gasteiger partial charge on any atom is 0.161 e. The molecule has 1 fully saturated rings. The van der Waals surface area contributed by atoms with E-state index < -0.39 is 9.84 Å². The van der Waals surface area contributed by atoms with Crippen LogP contribution in [0.5, 0.6) is 5.75 Å². The molecule has 18 heavy (non-hydrogen) atoms. The van der Waals surface area contributed by atoms with Crippen LogP contribution in [0.4, 0.5) is 0 Å². The van der Waals surface area contributed by atoms with Crippen molar-refractivity contribution in [1.82, 2.24) is 9.78 Å². The van der Waals surface area contributed by atoms with Crippen molar-refractivity contribution >= 4 is 9.84 Å². The average molecular weight is 273 g/mol. The first-order valence-electron chi connectivity index (χ1n) is 6.04. The van der Waals surface area contributed by atoms with Gasteiger partial charge in [0.15, 0.2) is 15.6 Å². The van der Waals surface area contributed by atoms with Gasteiger partial charge in [0.05, 0.1) is 36.5 Å². The van der Waals surface area contributed by atoms with Crippen molar-refractivity contribution in [3.05, 3.63) is 11.9 Å². The van der Waals surface area contributed by atoms with Crippen molar-refractivity contribution in [2.75, 3.05) is 18.6 Å². The minimum atomic E-state index is -2.92. The van der Waals surface area contributed by atoms with Crippen LogP contribution in [0.25, 0.3) is 0 Å². The Labute approximate surface area is 107 Å². The highest BCUT2D eigenvalue weighted by Crippen LogP contribution is 2.34. The van der Waals surface area contributed by atoms with Gasteiger partial charge < -0.3 is 10.5 Å². The van der Waals surface area contributed by atoms with Crippen molar-refractivity contribution in [1.29, 1.82) is 0 Å². The number of ether oxygens (including phenoxy) is 1. The van der Waals surface area contributed by atoms with Crippen molar-refractivity contribution in [3.63, 3.8) is 0 Å². The summed E-state index contributed by atoms with van der Waals surface area (Å²) in [6, 6.07) is -0.348. The first-order chi connectivity index (χ1) is 8.48. The predicted octanol–water partition coefficient (Wildman–Crippen LogP) is 0.346. The summed E-state index contributed by atoms with van der Waals surface area (Å²) in [6.07, 6.45) is 2.24. The van der Waals surface area contributed by atoms with Crippen LogP contribution in [-0.4, -0.2) is 36.8 Å². The number of aromatic nitrogens is 2. The third kappa shape index (κ3) is 2.37.